The van der Waals surface area contributed by atoms with Crippen molar-refractivity contribution in [2.75, 3.05) is 13.3 Å². The number of rotatable bonds is 5. The van der Waals surface area contributed by atoms with Crippen LogP contribution >= 0.6 is 11.6 Å². The molecule has 2 amide bonds. The predicted molar refractivity (Wildman–Crippen MR) is 112 cm³/mol. The van der Waals surface area contributed by atoms with Crippen LogP contribution in [0.4, 0.5) is 0 Å². The van der Waals surface area contributed by atoms with Gasteiger partial charge in [-0.15, -0.1) is 0 Å². The molecule has 3 heterocycles. The van der Waals surface area contributed by atoms with Crippen molar-refractivity contribution < 1.29 is 19.1 Å². The zero-order valence-corrected chi connectivity index (χ0v) is 17.3. The Morgan fingerprint density at radius 3 is 2.81 bits per heavy atom. The summed E-state index contributed by atoms with van der Waals surface area (Å²) < 4.78 is 12.2. The number of amides is 2. The van der Waals surface area contributed by atoms with Crippen LogP contribution in [0.1, 0.15) is 32.1 Å². The Labute approximate surface area is 183 Å². The highest BCUT2D eigenvalue weighted by Crippen LogP contribution is 2.32. The van der Waals surface area contributed by atoms with Crippen molar-refractivity contribution in [3.8, 4) is 11.5 Å². The molecule has 0 unspecified atom stereocenters. The summed E-state index contributed by atoms with van der Waals surface area (Å²) in [4.78, 5) is 27.2. The molecular formula is C22H19ClN4O4. The first-order valence-electron chi connectivity index (χ1n) is 9.85. The number of aromatic nitrogens is 2. The fraction of sp³-hybridized carbons (Fsp3) is 0.227. The molecule has 0 aliphatic carbocycles. The minimum Gasteiger partial charge on any atom is -0.454 e. The van der Waals surface area contributed by atoms with Crippen LogP contribution in [0.15, 0.2) is 48.5 Å². The number of carbonyl (C=O) groups excluding carboxylic acids is 2. The summed E-state index contributed by atoms with van der Waals surface area (Å²) in [5.41, 5.74) is 2.45. The second kappa shape index (κ2) is 7.96. The van der Waals surface area contributed by atoms with E-state index in [1.165, 1.54) is 0 Å². The average molecular weight is 439 g/mol. The van der Waals surface area contributed by atoms with Crippen molar-refractivity contribution in [2.45, 2.75) is 19.6 Å². The summed E-state index contributed by atoms with van der Waals surface area (Å²) in [6, 6.07) is 14.5. The van der Waals surface area contributed by atoms with Gasteiger partial charge in [-0.05, 0) is 35.4 Å². The van der Waals surface area contributed by atoms with Crippen LogP contribution in [0, 0.1) is 0 Å². The smallest absolute Gasteiger partial charge is 0.272 e. The maximum atomic E-state index is 12.9. The molecule has 0 fully saturated rings. The second-order valence-electron chi connectivity index (χ2n) is 7.36. The number of nitrogens with zero attached hydrogens (tertiary/aromatic N) is 3. The third kappa shape index (κ3) is 3.94. The largest absolute Gasteiger partial charge is 0.454 e. The molecule has 0 radical (unpaired) electrons. The highest BCUT2D eigenvalue weighted by Gasteiger charge is 2.28. The summed E-state index contributed by atoms with van der Waals surface area (Å²) >= 11 is 6.04. The van der Waals surface area contributed by atoms with E-state index in [0.29, 0.717) is 48.4 Å². The lowest BCUT2D eigenvalue weighted by Crippen LogP contribution is -2.39. The molecule has 0 atom stereocenters. The number of hydrogen-bond donors (Lipinski definition) is 1. The fourth-order valence-electron chi connectivity index (χ4n) is 3.68. The van der Waals surface area contributed by atoms with E-state index in [-0.39, 0.29) is 24.3 Å². The van der Waals surface area contributed by atoms with Crippen molar-refractivity contribution in [1.82, 2.24) is 20.0 Å². The predicted octanol–water partition coefficient (Wildman–Crippen LogP) is 2.85. The van der Waals surface area contributed by atoms with Crippen LogP contribution < -0.4 is 14.8 Å². The molecule has 3 aromatic rings. The van der Waals surface area contributed by atoms with Crippen molar-refractivity contribution in [3.05, 3.63) is 76.1 Å². The standard InChI is InChI=1S/C22H19ClN4O4/c23-16-3-1-2-15(8-16)12-26-6-7-27-18(22(26)29)10-17(25-27)21(28)24-11-14-4-5-19-20(9-14)31-13-30-19/h1-5,8-10H,6-7,11-13H2,(H,24,28). The summed E-state index contributed by atoms with van der Waals surface area (Å²) in [5.74, 6) is 0.856. The van der Waals surface area contributed by atoms with Crippen LogP contribution in [0.25, 0.3) is 0 Å². The number of ether oxygens (including phenoxy) is 2. The fourth-order valence-corrected chi connectivity index (χ4v) is 3.89. The number of fused-ring (bicyclic) bond motifs is 2. The van der Waals surface area contributed by atoms with Crippen LogP contribution in [-0.4, -0.2) is 39.8 Å². The molecule has 1 N–H and O–H groups in total. The van der Waals surface area contributed by atoms with Gasteiger partial charge in [0.15, 0.2) is 17.2 Å². The SMILES string of the molecule is O=C(NCc1ccc2c(c1)OCO2)c1cc2n(n1)CCN(Cc1cccc(Cl)c1)C2=O. The van der Waals surface area contributed by atoms with Gasteiger partial charge in [-0.25, -0.2) is 0 Å². The molecule has 31 heavy (non-hydrogen) atoms. The lowest BCUT2D eigenvalue weighted by atomic mass is 10.2. The molecule has 158 valence electrons. The van der Waals surface area contributed by atoms with Gasteiger partial charge in [0, 0.05) is 30.7 Å². The zero-order valence-electron chi connectivity index (χ0n) is 16.5. The summed E-state index contributed by atoms with van der Waals surface area (Å²) in [6.45, 7) is 2.01. The van der Waals surface area contributed by atoms with E-state index < -0.39 is 0 Å². The van der Waals surface area contributed by atoms with E-state index >= 15 is 0 Å². The Morgan fingerprint density at radius 1 is 1.06 bits per heavy atom. The van der Waals surface area contributed by atoms with Gasteiger partial charge >= 0.3 is 0 Å². The monoisotopic (exact) mass is 438 g/mol. The lowest BCUT2D eigenvalue weighted by Gasteiger charge is -2.27. The number of halogens is 1. The molecular weight excluding hydrogens is 420 g/mol. The van der Waals surface area contributed by atoms with Gasteiger partial charge in [-0.1, -0.05) is 29.8 Å². The van der Waals surface area contributed by atoms with E-state index in [0.717, 1.165) is 11.1 Å². The Balaban J connectivity index is 1.25. The third-order valence-electron chi connectivity index (χ3n) is 5.25. The number of hydrogen-bond acceptors (Lipinski definition) is 5. The van der Waals surface area contributed by atoms with E-state index in [4.69, 9.17) is 21.1 Å². The molecule has 0 saturated carbocycles. The van der Waals surface area contributed by atoms with Crippen LogP contribution in [0.2, 0.25) is 5.02 Å². The summed E-state index contributed by atoms with van der Waals surface area (Å²) in [6.07, 6.45) is 0. The topological polar surface area (TPSA) is 85.7 Å². The highest BCUT2D eigenvalue weighted by molar-refractivity contribution is 6.30. The quantitative estimate of drug-likeness (QED) is 0.662. The van der Waals surface area contributed by atoms with Crippen molar-refractivity contribution in [2.24, 2.45) is 0 Å². The van der Waals surface area contributed by atoms with E-state index in [9.17, 15) is 9.59 Å². The molecule has 0 bridgehead atoms. The molecule has 2 aliphatic heterocycles. The normalized spacial score (nSPS) is 14.5. The number of carbonyl (C=O) groups is 2. The summed E-state index contributed by atoms with van der Waals surface area (Å²) in [7, 11) is 0. The van der Waals surface area contributed by atoms with Gasteiger partial charge in [0.1, 0.15) is 5.69 Å². The molecule has 0 saturated heterocycles. The van der Waals surface area contributed by atoms with Gasteiger partial charge in [0.2, 0.25) is 6.79 Å². The van der Waals surface area contributed by atoms with Gasteiger partial charge < -0.3 is 19.7 Å². The number of benzene rings is 2. The van der Waals surface area contributed by atoms with E-state index in [2.05, 4.69) is 10.4 Å². The third-order valence-corrected chi connectivity index (χ3v) is 5.49. The Hall–Kier alpha value is -3.52. The minimum atomic E-state index is -0.339. The molecule has 1 aromatic heterocycles. The molecule has 8 nitrogen and oxygen atoms in total. The van der Waals surface area contributed by atoms with Crippen LogP contribution in [-0.2, 0) is 19.6 Å². The first-order valence-corrected chi connectivity index (χ1v) is 10.2. The van der Waals surface area contributed by atoms with Gasteiger partial charge in [0.25, 0.3) is 11.8 Å². The van der Waals surface area contributed by atoms with Crippen LogP contribution in [0.5, 0.6) is 11.5 Å². The molecule has 9 heteroatoms. The Morgan fingerprint density at radius 2 is 1.94 bits per heavy atom. The molecule has 5 rings (SSSR count). The Kier molecular flexibility index (Phi) is 4.99. The minimum absolute atomic E-state index is 0.159. The van der Waals surface area contributed by atoms with Gasteiger partial charge in [-0.3, -0.25) is 14.3 Å². The molecule has 0 spiro atoms. The second-order valence-corrected chi connectivity index (χ2v) is 7.80. The first-order chi connectivity index (χ1) is 15.1. The number of nitrogens with one attached hydrogen (secondary N) is 1. The van der Waals surface area contributed by atoms with E-state index in [1.54, 1.807) is 21.7 Å². The Bertz CT molecular complexity index is 1180. The van der Waals surface area contributed by atoms with Crippen molar-refractivity contribution in [3.63, 3.8) is 0 Å². The zero-order chi connectivity index (χ0) is 21.4. The maximum absolute atomic E-state index is 12.9. The molecule has 2 aromatic carbocycles. The highest BCUT2D eigenvalue weighted by atomic mass is 35.5. The van der Waals surface area contributed by atoms with Crippen molar-refractivity contribution in [1.29, 1.82) is 0 Å². The lowest BCUT2D eigenvalue weighted by molar-refractivity contribution is 0.0683. The maximum Gasteiger partial charge on any atom is 0.272 e. The van der Waals surface area contributed by atoms with Gasteiger partial charge in [0.05, 0.1) is 6.54 Å². The summed E-state index contributed by atoms with van der Waals surface area (Å²) in [5, 5.41) is 7.79. The molecule has 2 aliphatic rings. The average Bonchev–Trinajstić information content (AvgIpc) is 3.41. The van der Waals surface area contributed by atoms with E-state index in [1.807, 2.05) is 36.4 Å². The van der Waals surface area contributed by atoms with Gasteiger partial charge in [-0.2, -0.15) is 5.10 Å². The van der Waals surface area contributed by atoms with Crippen LogP contribution in [0.3, 0.4) is 0 Å². The first kappa shape index (κ1) is 19.4. The van der Waals surface area contributed by atoms with Crippen molar-refractivity contribution >= 4 is 23.4 Å².